The molecule has 2 aliphatic rings. The lowest BCUT2D eigenvalue weighted by Gasteiger charge is -2.29. The van der Waals surface area contributed by atoms with Crippen LogP contribution in [-0.2, 0) is 0 Å². The molecular formula is C21H24N4O2. The summed E-state index contributed by atoms with van der Waals surface area (Å²) in [4.78, 5) is 10.4. The van der Waals surface area contributed by atoms with Gasteiger partial charge in [-0.3, -0.25) is 4.90 Å². The predicted molar refractivity (Wildman–Crippen MR) is 104 cm³/mol. The third-order valence-electron chi connectivity index (χ3n) is 5.78. The van der Waals surface area contributed by atoms with Gasteiger partial charge in [-0.1, -0.05) is 11.2 Å². The fraction of sp³-hybridized carbons (Fsp3) is 0.429. The number of H-pyrrole nitrogens is 1. The number of hydrogen-bond donors (Lipinski definition) is 1. The van der Waals surface area contributed by atoms with Crippen molar-refractivity contribution in [3.05, 3.63) is 47.8 Å². The summed E-state index contributed by atoms with van der Waals surface area (Å²) in [7, 11) is 1.71. The lowest BCUT2D eigenvalue weighted by Crippen LogP contribution is -2.31. The number of rotatable bonds is 5. The first-order chi connectivity index (χ1) is 13.2. The highest BCUT2D eigenvalue weighted by molar-refractivity contribution is 5.93. The zero-order valence-electron chi connectivity index (χ0n) is 15.7. The lowest BCUT2D eigenvalue weighted by atomic mass is 9.98. The maximum absolute atomic E-state index is 5.52. The smallest absolute Gasteiger partial charge is 0.243 e. The highest BCUT2D eigenvalue weighted by Gasteiger charge is 2.31. The summed E-state index contributed by atoms with van der Waals surface area (Å²) < 4.78 is 10.9. The largest absolute Gasteiger partial charge is 0.497 e. The van der Waals surface area contributed by atoms with Crippen LogP contribution in [0.4, 0.5) is 0 Å². The summed E-state index contributed by atoms with van der Waals surface area (Å²) in [6.45, 7) is 4.01. The normalized spacial score (nSPS) is 19.3. The molecule has 1 fully saturated rings. The van der Waals surface area contributed by atoms with Crippen LogP contribution < -0.4 is 4.74 Å². The summed E-state index contributed by atoms with van der Waals surface area (Å²) in [5.41, 5.74) is 3.79. The Labute approximate surface area is 158 Å². The fourth-order valence-electron chi connectivity index (χ4n) is 3.85. The minimum Gasteiger partial charge on any atom is -0.497 e. The van der Waals surface area contributed by atoms with Crippen LogP contribution in [-0.4, -0.2) is 40.2 Å². The quantitative estimate of drug-likeness (QED) is 0.732. The molecule has 27 heavy (non-hydrogen) atoms. The molecule has 2 aromatic heterocycles. The lowest BCUT2D eigenvalue weighted by molar-refractivity contribution is 0.189. The monoisotopic (exact) mass is 364 g/mol. The molecule has 1 saturated carbocycles. The van der Waals surface area contributed by atoms with E-state index in [0.717, 1.165) is 42.5 Å². The van der Waals surface area contributed by atoms with Crippen molar-refractivity contribution in [2.24, 2.45) is 0 Å². The molecule has 6 nitrogen and oxygen atoms in total. The number of fused-ring (bicyclic) bond motifs is 1. The molecule has 1 aliphatic carbocycles. The molecule has 3 aromatic rings. The number of aromatic nitrogens is 3. The summed E-state index contributed by atoms with van der Waals surface area (Å²) >= 11 is 0. The zero-order valence-corrected chi connectivity index (χ0v) is 15.7. The fourth-order valence-corrected chi connectivity index (χ4v) is 3.85. The predicted octanol–water partition coefficient (Wildman–Crippen LogP) is 4.29. The minimum atomic E-state index is 0.144. The molecule has 1 N–H and O–H groups in total. The van der Waals surface area contributed by atoms with Crippen LogP contribution in [0.15, 0.2) is 35.0 Å². The number of nitrogens with one attached hydrogen (secondary N) is 1. The number of methoxy groups -OCH3 is 1. The maximum atomic E-state index is 5.52. The van der Waals surface area contributed by atoms with Gasteiger partial charge in [0.15, 0.2) is 5.82 Å². The van der Waals surface area contributed by atoms with Gasteiger partial charge >= 0.3 is 0 Å². The Hall–Kier alpha value is -2.60. The Morgan fingerprint density at radius 3 is 2.96 bits per heavy atom. The zero-order chi connectivity index (χ0) is 18.4. The molecule has 0 spiro atoms. The molecule has 5 rings (SSSR count). The first kappa shape index (κ1) is 16.6. The maximum Gasteiger partial charge on any atom is 0.243 e. The highest BCUT2D eigenvalue weighted by atomic mass is 16.5. The average Bonchev–Trinajstić information content (AvgIpc) is 3.29. The van der Waals surface area contributed by atoms with Crippen molar-refractivity contribution < 1.29 is 9.26 Å². The molecule has 6 heteroatoms. The second-order valence-corrected chi connectivity index (χ2v) is 7.53. The van der Waals surface area contributed by atoms with Crippen molar-refractivity contribution in [3.63, 3.8) is 0 Å². The van der Waals surface area contributed by atoms with E-state index >= 15 is 0 Å². The van der Waals surface area contributed by atoms with E-state index in [1.165, 1.54) is 29.4 Å². The molecule has 1 atom stereocenters. The molecule has 1 aliphatic heterocycles. The van der Waals surface area contributed by atoms with Crippen molar-refractivity contribution in [2.45, 2.75) is 38.1 Å². The van der Waals surface area contributed by atoms with Gasteiger partial charge in [-0.25, -0.2) is 0 Å². The third kappa shape index (κ3) is 3.04. The first-order valence-electron chi connectivity index (χ1n) is 9.65. The highest BCUT2D eigenvalue weighted by Crippen LogP contribution is 2.39. The van der Waals surface area contributed by atoms with Gasteiger partial charge in [-0.05, 0) is 50.0 Å². The number of hydrogen-bond acceptors (Lipinski definition) is 5. The van der Waals surface area contributed by atoms with Gasteiger partial charge < -0.3 is 14.2 Å². The van der Waals surface area contributed by atoms with E-state index in [4.69, 9.17) is 9.26 Å². The van der Waals surface area contributed by atoms with Crippen LogP contribution in [0, 0.1) is 0 Å². The Kier molecular flexibility index (Phi) is 4.01. The van der Waals surface area contributed by atoms with Crippen molar-refractivity contribution >= 4 is 16.5 Å². The molecule has 140 valence electrons. The van der Waals surface area contributed by atoms with Gasteiger partial charge in [0.2, 0.25) is 5.89 Å². The van der Waals surface area contributed by atoms with Gasteiger partial charge in [0.25, 0.3) is 0 Å². The van der Waals surface area contributed by atoms with Gasteiger partial charge in [0.05, 0.1) is 13.2 Å². The van der Waals surface area contributed by atoms with E-state index in [-0.39, 0.29) is 6.04 Å². The van der Waals surface area contributed by atoms with Crippen LogP contribution in [0.25, 0.3) is 16.5 Å². The van der Waals surface area contributed by atoms with Crippen molar-refractivity contribution in [3.8, 4) is 5.75 Å². The van der Waals surface area contributed by atoms with E-state index in [1.807, 2.05) is 6.07 Å². The van der Waals surface area contributed by atoms with Crippen LogP contribution in [0.1, 0.15) is 55.4 Å². The second kappa shape index (κ2) is 6.53. The Morgan fingerprint density at radius 1 is 1.33 bits per heavy atom. The summed E-state index contributed by atoms with van der Waals surface area (Å²) in [6.07, 6.45) is 7.81. The molecule has 0 amide bonds. The Morgan fingerprint density at radius 2 is 2.22 bits per heavy atom. The van der Waals surface area contributed by atoms with E-state index < -0.39 is 0 Å². The molecule has 0 saturated heterocycles. The number of ether oxygens (including phenoxy) is 1. The number of nitrogens with zero attached hydrogens (tertiary/aromatic N) is 3. The number of aromatic amines is 1. The second-order valence-electron chi connectivity index (χ2n) is 7.53. The van der Waals surface area contributed by atoms with E-state index in [1.54, 1.807) is 7.11 Å². The van der Waals surface area contributed by atoms with Crippen molar-refractivity contribution in [2.75, 3.05) is 20.2 Å². The molecule has 0 radical (unpaired) electrons. The van der Waals surface area contributed by atoms with Crippen molar-refractivity contribution in [1.29, 1.82) is 0 Å². The van der Waals surface area contributed by atoms with Crippen LogP contribution in [0.2, 0.25) is 0 Å². The molecule has 3 heterocycles. The average molecular weight is 364 g/mol. The molecule has 1 aromatic carbocycles. The van der Waals surface area contributed by atoms with E-state index in [0.29, 0.717) is 5.92 Å². The van der Waals surface area contributed by atoms with Gasteiger partial charge in [-0.2, -0.15) is 4.98 Å². The SMILES string of the molecule is COc1ccc2[nH]cc(C3=CCN(C(C)c4nc(C5CC5)no4)CC3)c2c1. The Bertz CT molecular complexity index is 999. The van der Waals surface area contributed by atoms with E-state index in [9.17, 15) is 0 Å². The summed E-state index contributed by atoms with van der Waals surface area (Å²) in [6, 6.07) is 6.31. The molecular weight excluding hydrogens is 340 g/mol. The molecule has 0 bridgehead atoms. The molecule has 1 unspecified atom stereocenters. The van der Waals surface area contributed by atoms with Crippen molar-refractivity contribution in [1.82, 2.24) is 20.0 Å². The van der Waals surface area contributed by atoms with E-state index in [2.05, 4.69) is 51.4 Å². The summed E-state index contributed by atoms with van der Waals surface area (Å²) in [5.74, 6) is 3.04. The summed E-state index contributed by atoms with van der Waals surface area (Å²) in [5, 5.41) is 5.37. The van der Waals surface area contributed by atoms with Gasteiger partial charge in [0, 0.05) is 41.7 Å². The van der Waals surface area contributed by atoms with Crippen LogP contribution in [0.3, 0.4) is 0 Å². The van der Waals surface area contributed by atoms with Gasteiger partial charge in [0.1, 0.15) is 5.75 Å². The standard InChI is InChI=1S/C21H24N4O2/c1-13(21-23-20(24-27-21)15-3-4-15)25-9-7-14(8-10-25)18-12-22-19-6-5-16(26-2)11-17(18)19/h5-7,11-13,15,22H,3-4,8-10H2,1-2H3. The van der Waals surface area contributed by atoms with Crippen LogP contribution >= 0.6 is 0 Å². The minimum absolute atomic E-state index is 0.144. The third-order valence-corrected chi connectivity index (χ3v) is 5.78. The van der Waals surface area contributed by atoms with Gasteiger partial charge in [-0.15, -0.1) is 0 Å². The number of benzene rings is 1. The van der Waals surface area contributed by atoms with Crippen LogP contribution in [0.5, 0.6) is 5.75 Å². The first-order valence-corrected chi connectivity index (χ1v) is 9.65. The topological polar surface area (TPSA) is 67.2 Å². The Balaban J connectivity index is 1.34.